The minimum absolute atomic E-state index is 0.255. The molecule has 0 atom stereocenters. The molecule has 0 spiro atoms. The number of hydrogen-bond acceptors (Lipinski definition) is 4. The van der Waals surface area contributed by atoms with Crippen molar-refractivity contribution in [2.45, 2.75) is 19.4 Å². The third-order valence-electron chi connectivity index (χ3n) is 2.32. The molecular weight excluding hydrogens is 256 g/mol. The first-order valence-corrected chi connectivity index (χ1v) is 7.52. The minimum Gasteiger partial charge on any atom is -0.229 e. The van der Waals surface area contributed by atoms with Gasteiger partial charge in [-0.3, -0.25) is 0 Å². The number of hydrogen-bond donors (Lipinski definition) is 0. The lowest BCUT2D eigenvalue weighted by atomic mass is 10.3. The van der Waals surface area contributed by atoms with Crippen LogP contribution in [-0.4, -0.2) is 30.0 Å². The van der Waals surface area contributed by atoms with Crippen molar-refractivity contribution < 1.29 is 8.42 Å². The normalized spacial score (nSPS) is 21.7. The van der Waals surface area contributed by atoms with E-state index in [2.05, 4.69) is 4.98 Å². The number of rotatable bonds is 2. The highest BCUT2D eigenvalue weighted by atomic mass is 35.5. The second-order valence-electron chi connectivity index (χ2n) is 3.45. The van der Waals surface area contributed by atoms with E-state index in [4.69, 9.17) is 11.6 Å². The van der Waals surface area contributed by atoms with Gasteiger partial charge in [-0.2, -0.15) is 4.31 Å². The topological polar surface area (TPSA) is 50.3 Å². The van der Waals surface area contributed by atoms with E-state index in [1.54, 1.807) is 5.38 Å². The zero-order valence-electron chi connectivity index (χ0n) is 8.02. The molecule has 1 aromatic rings. The van der Waals surface area contributed by atoms with Crippen molar-refractivity contribution in [3.63, 3.8) is 0 Å². The molecule has 0 N–H and O–H groups in total. The van der Waals surface area contributed by atoms with E-state index >= 15 is 0 Å². The Hall–Kier alpha value is -0.170. The third kappa shape index (κ3) is 2.69. The summed E-state index contributed by atoms with van der Waals surface area (Å²) in [5.41, 5.74) is 0.732. The van der Waals surface area contributed by atoms with E-state index < -0.39 is 10.0 Å². The molecule has 0 aromatic carbocycles. The van der Waals surface area contributed by atoms with Crippen molar-refractivity contribution in [2.24, 2.45) is 0 Å². The first kappa shape index (κ1) is 11.3. The highest BCUT2D eigenvalue weighted by Crippen LogP contribution is 2.20. The van der Waals surface area contributed by atoms with Gasteiger partial charge in [-0.25, -0.2) is 13.4 Å². The predicted molar refractivity (Wildman–Crippen MR) is 60.6 cm³/mol. The Morgan fingerprint density at radius 1 is 1.53 bits per heavy atom. The second kappa shape index (κ2) is 4.37. The Balaban J connectivity index is 2.11. The quantitative estimate of drug-likeness (QED) is 0.819. The molecule has 0 aliphatic carbocycles. The number of nitrogens with zero attached hydrogens (tertiary/aromatic N) is 2. The summed E-state index contributed by atoms with van der Waals surface area (Å²) in [6, 6.07) is 0. The van der Waals surface area contributed by atoms with Crippen LogP contribution in [0.1, 0.15) is 18.5 Å². The van der Waals surface area contributed by atoms with E-state index in [1.807, 2.05) is 0 Å². The van der Waals surface area contributed by atoms with Crippen LogP contribution in [0.4, 0.5) is 0 Å². The summed E-state index contributed by atoms with van der Waals surface area (Å²) < 4.78 is 25.3. The maximum absolute atomic E-state index is 11.7. The van der Waals surface area contributed by atoms with Crippen molar-refractivity contribution >= 4 is 33.0 Å². The Morgan fingerprint density at radius 3 is 2.93 bits per heavy atom. The maximum atomic E-state index is 11.7. The lowest BCUT2D eigenvalue weighted by Gasteiger charge is -2.25. The summed E-state index contributed by atoms with van der Waals surface area (Å²) in [6.07, 6.45) is 1.69. The molecule has 0 bridgehead atoms. The molecule has 0 amide bonds. The zero-order chi connectivity index (χ0) is 10.9. The third-order valence-corrected chi connectivity index (χ3v) is 5.25. The lowest BCUT2D eigenvalue weighted by molar-refractivity contribution is 0.375. The van der Waals surface area contributed by atoms with Crippen LogP contribution in [0.15, 0.2) is 5.38 Å². The lowest BCUT2D eigenvalue weighted by Crippen LogP contribution is -2.37. The van der Waals surface area contributed by atoms with Gasteiger partial charge in [0.2, 0.25) is 10.0 Å². The molecule has 2 rings (SSSR count). The smallest absolute Gasteiger partial charge is 0.214 e. The molecule has 1 aliphatic rings. The fourth-order valence-electron chi connectivity index (χ4n) is 1.55. The first-order chi connectivity index (χ1) is 7.08. The number of halogens is 1. The van der Waals surface area contributed by atoms with Crippen molar-refractivity contribution in [3.8, 4) is 0 Å². The summed E-state index contributed by atoms with van der Waals surface area (Å²) in [6.45, 7) is 0.947. The maximum Gasteiger partial charge on any atom is 0.214 e. The fraction of sp³-hybridized carbons (Fsp3) is 0.625. The first-order valence-electron chi connectivity index (χ1n) is 4.66. The molecule has 4 nitrogen and oxygen atoms in total. The van der Waals surface area contributed by atoms with Gasteiger partial charge in [0, 0.05) is 11.9 Å². The largest absolute Gasteiger partial charge is 0.229 e. The zero-order valence-corrected chi connectivity index (χ0v) is 10.4. The monoisotopic (exact) mass is 266 g/mol. The van der Waals surface area contributed by atoms with Gasteiger partial charge in [0.15, 0.2) is 4.47 Å². The molecule has 7 heteroatoms. The molecular formula is C8H11ClN2O2S2. The summed E-state index contributed by atoms with van der Waals surface area (Å²) in [5, 5.41) is 1.80. The average Bonchev–Trinajstić information content (AvgIpc) is 2.55. The van der Waals surface area contributed by atoms with E-state index in [1.165, 1.54) is 15.6 Å². The molecule has 1 aliphatic heterocycles. The van der Waals surface area contributed by atoms with Crippen LogP contribution in [0.2, 0.25) is 4.47 Å². The molecule has 0 radical (unpaired) electrons. The van der Waals surface area contributed by atoms with Crippen molar-refractivity contribution in [2.75, 3.05) is 12.3 Å². The summed E-state index contributed by atoms with van der Waals surface area (Å²) in [7, 11) is -3.06. The number of thiazole rings is 1. The van der Waals surface area contributed by atoms with E-state index in [9.17, 15) is 8.42 Å². The molecule has 15 heavy (non-hydrogen) atoms. The molecule has 1 fully saturated rings. The van der Waals surface area contributed by atoms with Crippen molar-refractivity contribution in [1.29, 1.82) is 0 Å². The van der Waals surface area contributed by atoms with E-state index in [0.717, 1.165) is 18.5 Å². The average molecular weight is 267 g/mol. The van der Waals surface area contributed by atoms with Gasteiger partial charge in [-0.05, 0) is 12.8 Å². The molecule has 84 valence electrons. The Morgan fingerprint density at radius 2 is 2.33 bits per heavy atom. The van der Waals surface area contributed by atoms with Crippen LogP contribution in [0, 0.1) is 0 Å². The Bertz CT molecular complexity index is 443. The van der Waals surface area contributed by atoms with Gasteiger partial charge in [0.25, 0.3) is 0 Å². The van der Waals surface area contributed by atoms with Crippen LogP contribution in [0.3, 0.4) is 0 Å². The summed E-state index contributed by atoms with van der Waals surface area (Å²) >= 11 is 7.01. The van der Waals surface area contributed by atoms with Crippen LogP contribution < -0.4 is 0 Å². The Labute approximate surface area is 97.9 Å². The molecule has 1 aromatic heterocycles. The van der Waals surface area contributed by atoms with Gasteiger partial charge in [0.1, 0.15) is 0 Å². The van der Waals surface area contributed by atoms with Gasteiger partial charge >= 0.3 is 0 Å². The fourth-order valence-corrected chi connectivity index (χ4v) is 3.89. The second-order valence-corrected chi connectivity index (χ2v) is 6.98. The van der Waals surface area contributed by atoms with E-state index in [-0.39, 0.29) is 5.75 Å². The van der Waals surface area contributed by atoms with Crippen LogP contribution in [0.25, 0.3) is 0 Å². The molecule has 1 saturated heterocycles. The van der Waals surface area contributed by atoms with Crippen LogP contribution >= 0.6 is 22.9 Å². The van der Waals surface area contributed by atoms with Gasteiger partial charge in [0.05, 0.1) is 18.0 Å². The summed E-state index contributed by atoms with van der Waals surface area (Å²) in [4.78, 5) is 4.05. The number of aromatic nitrogens is 1. The van der Waals surface area contributed by atoms with Crippen molar-refractivity contribution in [1.82, 2.24) is 9.29 Å². The SMILES string of the molecule is O=S1(=O)CCCCN1Cc1csc(Cl)n1. The Kier molecular flexibility index (Phi) is 3.30. The van der Waals surface area contributed by atoms with Crippen LogP contribution in [0.5, 0.6) is 0 Å². The van der Waals surface area contributed by atoms with Gasteiger partial charge < -0.3 is 0 Å². The number of sulfonamides is 1. The van der Waals surface area contributed by atoms with E-state index in [0.29, 0.717) is 17.6 Å². The minimum atomic E-state index is -3.06. The van der Waals surface area contributed by atoms with Crippen molar-refractivity contribution in [3.05, 3.63) is 15.5 Å². The summed E-state index contributed by atoms with van der Waals surface area (Å²) in [5.74, 6) is 0.255. The molecule has 0 saturated carbocycles. The standard InChI is InChI=1S/C8H11ClN2O2S2/c9-8-10-7(6-14-8)5-11-3-1-2-4-15(11,12)13/h6H,1-5H2. The highest BCUT2D eigenvalue weighted by molar-refractivity contribution is 7.89. The predicted octanol–water partition coefficient (Wildman–Crippen LogP) is 1.72. The highest BCUT2D eigenvalue weighted by Gasteiger charge is 2.26. The molecule has 2 heterocycles. The van der Waals surface area contributed by atoms with Crippen LogP contribution in [-0.2, 0) is 16.6 Å². The van der Waals surface area contributed by atoms with Gasteiger partial charge in [-0.15, -0.1) is 11.3 Å². The molecule has 0 unspecified atom stereocenters. The van der Waals surface area contributed by atoms with Gasteiger partial charge in [-0.1, -0.05) is 11.6 Å².